The minimum absolute atomic E-state index is 0. The van der Waals surface area contributed by atoms with E-state index in [1.807, 2.05) is 0 Å². The highest BCUT2D eigenvalue weighted by Crippen LogP contribution is 2.06. The largest absolute Gasteiger partial charge is 0.357 e. The Balaban J connectivity index is 0.00000324. The second-order valence-electron chi connectivity index (χ2n) is 4.41. The third kappa shape index (κ3) is 9.23. The Hall–Kier alpha value is -0.340. The Bertz CT molecular complexity index is 338. The summed E-state index contributed by atoms with van der Waals surface area (Å²) in [5.41, 5.74) is 1.27. The van der Waals surface area contributed by atoms with Crippen molar-refractivity contribution >= 4 is 41.3 Å². The van der Waals surface area contributed by atoms with Crippen LogP contribution < -0.4 is 10.6 Å². The van der Waals surface area contributed by atoms with Gasteiger partial charge in [-0.2, -0.15) is 11.3 Å². The molecule has 4 nitrogen and oxygen atoms in total. The summed E-state index contributed by atoms with van der Waals surface area (Å²) in [5, 5.41) is 10.8. The number of nitrogens with one attached hydrogen (secondary N) is 2. The molecular weight excluding hydrogens is 371 g/mol. The van der Waals surface area contributed by atoms with E-state index in [0.717, 1.165) is 38.6 Å². The van der Waals surface area contributed by atoms with Gasteiger partial charge in [-0.15, -0.1) is 24.0 Å². The van der Waals surface area contributed by atoms with Gasteiger partial charge in [-0.25, -0.2) is 4.99 Å². The molecule has 0 saturated heterocycles. The van der Waals surface area contributed by atoms with Crippen molar-refractivity contribution in [3.8, 4) is 0 Å². The summed E-state index contributed by atoms with van der Waals surface area (Å²) in [6.45, 7) is 5.77. The molecule has 0 bridgehead atoms. The average Bonchev–Trinajstić information content (AvgIpc) is 2.84. The zero-order valence-electron chi connectivity index (χ0n) is 12.0. The van der Waals surface area contributed by atoms with Crippen molar-refractivity contribution in [1.82, 2.24) is 15.5 Å². The van der Waals surface area contributed by atoms with Crippen molar-refractivity contribution in [2.75, 3.05) is 33.7 Å². The molecule has 0 atom stereocenters. The molecule has 0 aromatic carbocycles. The van der Waals surface area contributed by atoms with Crippen LogP contribution in [0.15, 0.2) is 21.8 Å². The maximum absolute atomic E-state index is 4.56. The van der Waals surface area contributed by atoms with Crippen LogP contribution in [-0.4, -0.2) is 44.6 Å². The second kappa shape index (κ2) is 11.5. The fourth-order valence-corrected chi connectivity index (χ4v) is 2.16. The molecule has 19 heavy (non-hydrogen) atoms. The smallest absolute Gasteiger partial charge is 0.191 e. The van der Waals surface area contributed by atoms with Gasteiger partial charge in [-0.3, -0.25) is 0 Å². The molecule has 1 rings (SSSR count). The molecule has 0 amide bonds. The molecule has 0 saturated carbocycles. The van der Waals surface area contributed by atoms with Crippen LogP contribution in [0.5, 0.6) is 0 Å². The van der Waals surface area contributed by atoms with Crippen molar-refractivity contribution in [2.45, 2.75) is 19.9 Å². The summed E-state index contributed by atoms with van der Waals surface area (Å²) in [5.74, 6) is 0.905. The molecular formula is C13H25IN4S. The van der Waals surface area contributed by atoms with Crippen molar-refractivity contribution in [1.29, 1.82) is 0 Å². The van der Waals surface area contributed by atoms with Crippen molar-refractivity contribution in [3.63, 3.8) is 0 Å². The Morgan fingerprint density at radius 1 is 1.37 bits per heavy atom. The molecule has 1 aromatic rings. The summed E-state index contributed by atoms with van der Waals surface area (Å²) < 4.78 is 0. The first-order valence-electron chi connectivity index (χ1n) is 6.40. The van der Waals surface area contributed by atoms with E-state index in [-0.39, 0.29) is 24.0 Å². The van der Waals surface area contributed by atoms with Crippen LogP contribution in [0.4, 0.5) is 0 Å². The topological polar surface area (TPSA) is 39.7 Å². The van der Waals surface area contributed by atoms with E-state index in [1.54, 1.807) is 11.3 Å². The fourth-order valence-electron chi connectivity index (χ4n) is 1.50. The van der Waals surface area contributed by atoms with E-state index in [2.05, 4.69) is 58.4 Å². The molecule has 2 N–H and O–H groups in total. The summed E-state index contributed by atoms with van der Waals surface area (Å²) in [6, 6.07) is 2.11. The number of hydrogen-bond donors (Lipinski definition) is 2. The van der Waals surface area contributed by atoms with Gasteiger partial charge in [-0.05, 0) is 56.4 Å². The Kier molecular flexibility index (Phi) is 11.3. The van der Waals surface area contributed by atoms with Crippen LogP contribution >= 0.6 is 35.3 Å². The number of thiophene rings is 1. The number of hydrogen-bond acceptors (Lipinski definition) is 3. The van der Waals surface area contributed by atoms with E-state index >= 15 is 0 Å². The first kappa shape index (κ1) is 18.7. The highest BCUT2D eigenvalue weighted by molar-refractivity contribution is 14.0. The number of rotatable bonds is 7. The highest BCUT2D eigenvalue weighted by atomic mass is 127. The molecule has 0 aliphatic heterocycles. The van der Waals surface area contributed by atoms with Crippen LogP contribution in [0.2, 0.25) is 0 Å². The van der Waals surface area contributed by atoms with Gasteiger partial charge >= 0.3 is 0 Å². The molecule has 110 valence electrons. The quantitative estimate of drug-likeness (QED) is 0.322. The summed E-state index contributed by atoms with van der Waals surface area (Å²) >= 11 is 1.71. The second-order valence-corrected chi connectivity index (χ2v) is 5.19. The molecule has 0 unspecified atom stereocenters. The SMILES string of the molecule is CCNC(=NCc1ccsc1)NCCCN(C)C.I. The number of guanidine groups is 1. The van der Waals surface area contributed by atoms with E-state index in [0.29, 0.717) is 0 Å². The van der Waals surface area contributed by atoms with Crippen molar-refractivity contribution in [3.05, 3.63) is 22.4 Å². The minimum Gasteiger partial charge on any atom is -0.357 e. The van der Waals surface area contributed by atoms with Crippen LogP contribution in [-0.2, 0) is 6.54 Å². The standard InChI is InChI=1S/C13H24N4S.HI/c1-4-14-13(15-7-5-8-17(2)3)16-10-12-6-9-18-11-12;/h6,9,11H,4-5,7-8,10H2,1-3H3,(H2,14,15,16);1H. The van der Waals surface area contributed by atoms with Crippen LogP contribution in [0, 0.1) is 0 Å². The van der Waals surface area contributed by atoms with E-state index in [1.165, 1.54) is 5.56 Å². The van der Waals surface area contributed by atoms with Crippen molar-refractivity contribution in [2.24, 2.45) is 4.99 Å². The normalized spacial score (nSPS) is 11.3. The summed E-state index contributed by atoms with van der Waals surface area (Å²) in [6.07, 6.45) is 1.12. The lowest BCUT2D eigenvalue weighted by atomic mass is 10.3. The maximum Gasteiger partial charge on any atom is 0.191 e. The first-order valence-corrected chi connectivity index (χ1v) is 7.34. The predicted octanol–water partition coefficient (Wildman–Crippen LogP) is 2.37. The lowest BCUT2D eigenvalue weighted by molar-refractivity contribution is 0.399. The van der Waals surface area contributed by atoms with E-state index in [9.17, 15) is 0 Å². The minimum atomic E-state index is 0. The summed E-state index contributed by atoms with van der Waals surface area (Å²) in [7, 11) is 4.19. The molecule has 0 aliphatic carbocycles. The van der Waals surface area contributed by atoms with Gasteiger partial charge < -0.3 is 15.5 Å². The Morgan fingerprint density at radius 2 is 2.16 bits per heavy atom. The first-order chi connectivity index (χ1) is 8.72. The van der Waals surface area contributed by atoms with Gasteiger partial charge in [-0.1, -0.05) is 0 Å². The third-order valence-corrected chi connectivity index (χ3v) is 3.15. The summed E-state index contributed by atoms with van der Waals surface area (Å²) in [4.78, 5) is 6.75. The van der Waals surface area contributed by atoms with Crippen LogP contribution in [0.25, 0.3) is 0 Å². The lowest BCUT2D eigenvalue weighted by Gasteiger charge is -2.13. The van der Waals surface area contributed by atoms with Gasteiger partial charge in [0, 0.05) is 13.1 Å². The number of aliphatic imine (C=N–C) groups is 1. The third-order valence-electron chi connectivity index (χ3n) is 2.42. The number of halogens is 1. The fraction of sp³-hybridized carbons (Fsp3) is 0.615. The highest BCUT2D eigenvalue weighted by Gasteiger charge is 1.97. The van der Waals surface area contributed by atoms with Crippen LogP contribution in [0.3, 0.4) is 0 Å². The molecule has 1 aromatic heterocycles. The predicted molar refractivity (Wildman–Crippen MR) is 95.7 cm³/mol. The zero-order chi connectivity index (χ0) is 13.2. The zero-order valence-corrected chi connectivity index (χ0v) is 15.1. The average molecular weight is 396 g/mol. The van der Waals surface area contributed by atoms with Gasteiger partial charge in [0.1, 0.15) is 0 Å². The molecule has 0 spiro atoms. The molecule has 6 heteroatoms. The van der Waals surface area contributed by atoms with E-state index < -0.39 is 0 Å². The van der Waals surface area contributed by atoms with Crippen molar-refractivity contribution < 1.29 is 0 Å². The van der Waals surface area contributed by atoms with Gasteiger partial charge in [0.05, 0.1) is 6.54 Å². The van der Waals surface area contributed by atoms with Gasteiger partial charge in [0.25, 0.3) is 0 Å². The lowest BCUT2D eigenvalue weighted by Crippen LogP contribution is -2.38. The maximum atomic E-state index is 4.56. The monoisotopic (exact) mass is 396 g/mol. The van der Waals surface area contributed by atoms with E-state index in [4.69, 9.17) is 0 Å². The number of nitrogens with zero attached hydrogens (tertiary/aromatic N) is 2. The van der Waals surface area contributed by atoms with Gasteiger partial charge in [0.2, 0.25) is 0 Å². The molecule has 1 heterocycles. The molecule has 0 radical (unpaired) electrons. The Labute approximate surface area is 137 Å². The Morgan fingerprint density at radius 3 is 2.74 bits per heavy atom. The molecule has 0 fully saturated rings. The van der Waals surface area contributed by atoms with Crippen LogP contribution in [0.1, 0.15) is 18.9 Å². The molecule has 0 aliphatic rings. The van der Waals surface area contributed by atoms with Gasteiger partial charge in [0.15, 0.2) is 5.96 Å².